The Hall–Kier alpha value is -0.820. The summed E-state index contributed by atoms with van der Waals surface area (Å²) in [6.45, 7) is 11.1. The van der Waals surface area contributed by atoms with Gasteiger partial charge in [0.2, 0.25) is 0 Å². The first kappa shape index (κ1) is 18.0. The minimum absolute atomic E-state index is 0.380. The van der Waals surface area contributed by atoms with E-state index in [0.717, 1.165) is 10.4 Å². The molecule has 3 rings (SSSR count). The van der Waals surface area contributed by atoms with Crippen LogP contribution in [0.15, 0.2) is 18.2 Å². The van der Waals surface area contributed by atoms with Crippen LogP contribution in [-0.4, -0.2) is 32.2 Å². The molecule has 0 saturated heterocycles. The molecule has 3 atom stereocenters. The number of nitrogens with zero attached hydrogens (tertiary/aromatic N) is 1. The monoisotopic (exact) mass is 328 g/mol. The Labute approximate surface area is 150 Å². The van der Waals surface area contributed by atoms with Gasteiger partial charge < -0.3 is 4.48 Å². The van der Waals surface area contributed by atoms with Crippen molar-refractivity contribution in [3.8, 4) is 0 Å². The third-order valence-electron chi connectivity index (χ3n) is 7.00. The SMILES string of the molecule is CC(C)c1ccc2c(c1)CCC1C(C)(C[N+](C)(C)C)CCCC21C. The van der Waals surface area contributed by atoms with Gasteiger partial charge in [0.1, 0.15) is 0 Å². The van der Waals surface area contributed by atoms with Gasteiger partial charge in [-0.1, -0.05) is 52.3 Å². The average Bonchev–Trinajstić information content (AvgIpc) is 2.44. The van der Waals surface area contributed by atoms with Gasteiger partial charge in [-0.25, -0.2) is 0 Å². The maximum absolute atomic E-state index is 2.59. The summed E-state index contributed by atoms with van der Waals surface area (Å²) < 4.78 is 1.09. The van der Waals surface area contributed by atoms with E-state index in [9.17, 15) is 0 Å². The van der Waals surface area contributed by atoms with Gasteiger partial charge in [-0.05, 0) is 59.6 Å². The van der Waals surface area contributed by atoms with Crippen LogP contribution in [0, 0.1) is 11.3 Å². The molecule has 1 heteroatoms. The highest BCUT2D eigenvalue weighted by Crippen LogP contribution is 2.57. The standard InChI is InChI=1S/C23H38N/c1-17(2)18-9-11-20-19(15-18)10-12-21-22(3,16-24(5,6)7)13-8-14-23(20,21)4/h9,11,15,17,21H,8,10,12-14,16H2,1-7H3/q+1. The minimum atomic E-state index is 0.380. The van der Waals surface area contributed by atoms with Crippen LogP contribution in [0.5, 0.6) is 0 Å². The van der Waals surface area contributed by atoms with Gasteiger partial charge in [0.25, 0.3) is 0 Å². The highest BCUT2D eigenvalue weighted by molar-refractivity contribution is 5.42. The van der Waals surface area contributed by atoms with Crippen LogP contribution in [0.3, 0.4) is 0 Å². The normalized spacial score (nSPS) is 33.2. The van der Waals surface area contributed by atoms with Crippen molar-refractivity contribution in [3.05, 3.63) is 34.9 Å². The van der Waals surface area contributed by atoms with Crippen molar-refractivity contribution in [2.45, 2.75) is 71.1 Å². The summed E-state index contributed by atoms with van der Waals surface area (Å²) in [5, 5.41) is 0. The van der Waals surface area contributed by atoms with E-state index in [-0.39, 0.29) is 0 Å². The van der Waals surface area contributed by atoms with E-state index in [2.05, 4.69) is 67.0 Å². The number of rotatable bonds is 3. The van der Waals surface area contributed by atoms with Crippen LogP contribution < -0.4 is 0 Å². The fourth-order valence-corrected chi connectivity index (χ4v) is 6.28. The molecule has 1 aromatic carbocycles. The zero-order chi connectivity index (χ0) is 17.8. The maximum atomic E-state index is 2.59. The lowest BCUT2D eigenvalue weighted by atomic mass is 9.49. The molecule has 0 spiro atoms. The number of benzene rings is 1. The van der Waals surface area contributed by atoms with E-state index in [0.29, 0.717) is 16.7 Å². The molecule has 0 aromatic heterocycles. The fraction of sp³-hybridized carbons (Fsp3) is 0.739. The second-order valence-electron chi connectivity index (χ2n) is 10.5. The van der Waals surface area contributed by atoms with Crippen LogP contribution in [0.25, 0.3) is 0 Å². The summed E-state index contributed by atoms with van der Waals surface area (Å²) in [6.07, 6.45) is 6.82. The van der Waals surface area contributed by atoms with E-state index in [1.807, 2.05) is 0 Å². The van der Waals surface area contributed by atoms with Gasteiger partial charge in [0.15, 0.2) is 0 Å². The van der Waals surface area contributed by atoms with Crippen LogP contribution in [0.2, 0.25) is 0 Å². The third-order valence-corrected chi connectivity index (χ3v) is 7.00. The van der Waals surface area contributed by atoms with Gasteiger partial charge in [0, 0.05) is 5.41 Å². The zero-order valence-electron chi connectivity index (χ0n) is 17.1. The predicted octanol–water partition coefficient (Wildman–Crippen LogP) is 5.53. The molecule has 2 aliphatic carbocycles. The summed E-state index contributed by atoms with van der Waals surface area (Å²) in [5.74, 6) is 1.46. The quantitative estimate of drug-likeness (QED) is 0.640. The second-order valence-corrected chi connectivity index (χ2v) is 10.5. The van der Waals surface area contributed by atoms with Crippen molar-refractivity contribution in [1.29, 1.82) is 0 Å². The lowest BCUT2D eigenvalue weighted by Gasteiger charge is -2.56. The molecule has 1 fully saturated rings. The molecule has 3 unspecified atom stereocenters. The Bertz CT molecular complexity index is 609. The molecule has 1 saturated carbocycles. The topological polar surface area (TPSA) is 0 Å². The van der Waals surface area contributed by atoms with E-state index in [1.54, 1.807) is 11.1 Å². The second kappa shape index (κ2) is 5.87. The van der Waals surface area contributed by atoms with Gasteiger partial charge in [-0.15, -0.1) is 0 Å². The summed E-state index contributed by atoms with van der Waals surface area (Å²) in [6, 6.07) is 7.42. The molecule has 0 amide bonds. The Morgan fingerprint density at radius 3 is 2.46 bits per heavy atom. The highest BCUT2D eigenvalue weighted by Gasteiger charge is 2.53. The molecular weight excluding hydrogens is 290 g/mol. The number of fused-ring (bicyclic) bond motifs is 3. The van der Waals surface area contributed by atoms with Crippen LogP contribution >= 0.6 is 0 Å². The lowest BCUT2D eigenvalue weighted by molar-refractivity contribution is -0.878. The average molecular weight is 329 g/mol. The molecule has 0 aliphatic heterocycles. The molecule has 0 heterocycles. The maximum Gasteiger partial charge on any atom is 0.0837 e. The smallest absolute Gasteiger partial charge is 0.0837 e. The molecular formula is C23H38N+. The van der Waals surface area contributed by atoms with E-state index in [4.69, 9.17) is 0 Å². The number of hydrogen-bond donors (Lipinski definition) is 0. The third kappa shape index (κ3) is 3.05. The number of quaternary nitrogens is 1. The minimum Gasteiger partial charge on any atom is -0.330 e. The largest absolute Gasteiger partial charge is 0.330 e. The van der Waals surface area contributed by atoms with Gasteiger partial charge in [-0.2, -0.15) is 0 Å². The molecule has 0 N–H and O–H groups in total. The van der Waals surface area contributed by atoms with E-state index < -0.39 is 0 Å². The van der Waals surface area contributed by atoms with Crippen LogP contribution in [0.4, 0.5) is 0 Å². The highest BCUT2D eigenvalue weighted by atomic mass is 15.3. The van der Waals surface area contributed by atoms with E-state index in [1.165, 1.54) is 44.2 Å². The Balaban J connectivity index is 2.00. The molecule has 1 nitrogen and oxygen atoms in total. The first-order valence-electron chi connectivity index (χ1n) is 9.99. The van der Waals surface area contributed by atoms with Gasteiger partial charge in [-0.3, -0.25) is 0 Å². The van der Waals surface area contributed by atoms with Crippen LogP contribution in [-0.2, 0) is 11.8 Å². The Kier molecular flexibility index (Phi) is 4.40. The first-order valence-corrected chi connectivity index (χ1v) is 9.99. The summed E-state index contributed by atoms with van der Waals surface area (Å²) in [7, 11) is 7.09. The van der Waals surface area contributed by atoms with Crippen molar-refractivity contribution in [2.24, 2.45) is 11.3 Å². The number of hydrogen-bond acceptors (Lipinski definition) is 0. The molecule has 24 heavy (non-hydrogen) atoms. The lowest BCUT2D eigenvalue weighted by Crippen LogP contribution is -2.55. The molecule has 2 aliphatic rings. The summed E-state index contributed by atoms with van der Waals surface area (Å²) >= 11 is 0. The molecule has 134 valence electrons. The van der Waals surface area contributed by atoms with Crippen molar-refractivity contribution in [3.63, 3.8) is 0 Å². The zero-order valence-corrected chi connectivity index (χ0v) is 17.1. The van der Waals surface area contributed by atoms with Crippen molar-refractivity contribution in [1.82, 2.24) is 0 Å². The molecule has 0 bridgehead atoms. The summed E-state index contributed by atoms with van der Waals surface area (Å²) in [4.78, 5) is 0. The van der Waals surface area contributed by atoms with Crippen molar-refractivity contribution < 1.29 is 4.48 Å². The fourth-order valence-electron chi connectivity index (χ4n) is 6.28. The first-order chi connectivity index (χ1) is 11.1. The van der Waals surface area contributed by atoms with Gasteiger partial charge >= 0.3 is 0 Å². The predicted molar refractivity (Wildman–Crippen MR) is 105 cm³/mol. The van der Waals surface area contributed by atoms with Crippen LogP contribution in [0.1, 0.15) is 76.0 Å². The Morgan fingerprint density at radius 1 is 1.12 bits per heavy atom. The Morgan fingerprint density at radius 2 is 1.83 bits per heavy atom. The molecule has 1 aromatic rings. The van der Waals surface area contributed by atoms with Gasteiger partial charge in [0.05, 0.1) is 27.7 Å². The molecule has 0 radical (unpaired) electrons. The van der Waals surface area contributed by atoms with Crippen molar-refractivity contribution >= 4 is 0 Å². The van der Waals surface area contributed by atoms with Crippen molar-refractivity contribution in [2.75, 3.05) is 27.7 Å². The number of aryl methyl sites for hydroxylation is 1. The van der Waals surface area contributed by atoms with E-state index >= 15 is 0 Å². The summed E-state index contributed by atoms with van der Waals surface area (Å²) in [5.41, 5.74) is 5.69.